The van der Waals surface area contributed by atoms with E-state index in [9.17, 15) is 4.79 Å². The zero-order valence-corrected chi connectivity index (χ0v) is 6.53. The Morgan fingerprint density at radius 2 is 2.18 bits per heavy atom. The smallest absolute Gasteiger partial charge is 0.344 e. The van der Waals surface area contributed by atoms with Crippen molar-refractivity contribution in [1.82, 2.24) is 0 Å². The first kappa shape index (κ1) is 9.90. The monoisotopic (exact) mass is 161 g/mol. The Balaban J connectivity index is 3.47. The van der Waals surface area contributed by atoms with Gasteiger partial charge in [-0.15, -0.1) is 0 Å². The van der Waals surface area contributed by atoms with Crippen molar-refractivity contribution in [1.29, 1.82) is 0 Å². The second-order valence-electron chi connectivity index (χ2n) is 1.93. The first-order valence-corrected chi connectivity index (χ1v) is 3.03. The van der Waals surface area contributed by atoms with E-state index >= 15 is 0 Å². The molecule has 0 saturated carbocycles. The van der Waals surface area contributed by atoms with Gasteiger partial charge in [-0.3, -0.25) is 0 Å². The fourth-order valence-electron chi connectivity index (χ4n) is 0.433. The molecule has 0 aromatic carbocycles. The maximum Gasteiger partial charge on any atom is 0.344 e. The van der Waals surface area contributed by atoms with Crippen LogP contribution in [0.3, 0.4) is 0 Å². The highest BCUT2D eigenvalue weighted by Gasteiger charge is 1.95. The molecule has 0 bridgehead atoms. The number of hydrogen-bond donors (Lipinski definition) is 1. The van der Waals surface area contributed by atoms with Crippen molar-refractivity contribution in [3.8, 4) is 0 Å². The minimum atomic E-state index is -1.04. The standard InChI is InChI=1S/C6H11NO4/c1-5(3-10-2)7-11-4-6(8)9/h3-4H2,1-2H3,(H,8,9). The molecule has 0 aliphatic heterocycles. The maximum absolute atomic E-state index is 9.91. The second-order valence-corrected chi connectivity index (χ2v) is 1.93. The summed E-state index contributed by atoms with van der Waals surface area (Å²) in [5.74, 6) is -1.04. The highest BCUT2D eigenvalue weighted by molar-refractivity contribution is 5.82. The number of rotatable bonds is 5. The number of methoxy groups -OCH3 is 1. The molecule has 0 aliphatic carbocycles. The molecule has 0 aromatic rings. The maximum atomic E-state index is 9.91. The Morgan fingerprint density at radius 3 is 2.64 bits per heavy atom. The van der Waals surface area contributed by atoms with E-state index in [0.29, 0.717) is 12.3 Å². The van der Waals surface area contributed by atoms with Gasteiger partial charge < -0.3 is 14.7 Å². The van der Waals surface area contributed by atoms with E-state index in [1.54, 1.807) is 6.92 Å². The van der Waals surface area contributed by atoms with E-state index in [4.69, 9.17) is 9.84 Å². The summed E-state index contributed by atoms with van der Waals surface area (Å²) in [5, 5.41) is 11.6. The Labute approximate surface area is 64.6 Å². The fraction of sp³-hybridized carbons (Fsp3) is 0.667. The van der Waals surface area contributed by atoms with Gasteiger partial charge in [0.05, 0.1) is 12.3 Å². The third kappa shape index (κ3) is 6.79. The first-order chi connectivity index (χ1) is 5.16. The fourth-order valence-corrected chi connectivity index (χ4v) is 0.433. The third-order valence-corrected chi connectivity index (χ3v) is 0.762. The highest BCUT2D eigenvalue weighted by Crippen LogP contribution is 1.81. The molecule has 0 fully saturated rings. The van der Waals surface area contributed by atoms with Crippen LogP contribution >= 0.6 is 0 Å². The summed E-state index contributed by atoms with van der Waals surface area (Å²) in [6, 6.07) is 0. The van der Waals surface area contributed by atoms with E-state index in [1.807, 2.05) is 0 Å². The van der Waals surface area contributed by atoms with Crippen LogP contribution in [0, 0.1) is 0 Å². The van der Waals surface area contributed by atoms with Crippen LogP contribution in [0.25, 0.3) is 0 Å². The zero-order valence-electron chi connectivity index (χ0n) is 6.53. The molecule has 11 heavy (non-hydrogen) atoms. The molecule has 5 heteroatoms. The van der Waals surface area contributed by atoms with E-state index < -0.39 is 12.6 Å². The third-order valence-electron chi connectivity index (χ3n) is 0.762. The van der Waals surface area contributed by atoms with Crippen LogP contribution < -0.4 is 0 Å². The average molecular weight is 161 g/mol. The number of hydrogen-bond acceptors (Lipinski definition) is 4. The quantitative estimate of drug-likeness (QED) is 0.459. The van der Waals surface area contributed by atoms with Crippen LogP contribution in [0.4, 0.5) is 0 Å². The van der Waals surface area contributed by atoms with Crippen molar-refractivity contribution < 1.29 is 19.5 Å². The Hall–Kier alpha value is -1.10. The summed E-state index contributed by atoms with van der Waals surface area (Å²) in [5.41, 5.74) is 0.605. The van der Waals surface area contributed by atoms with E-state index in [-0.39, 0.29) is 0 Å². The van der Waals surface area contributed by atoms with Gasteiger partial charge in [0.2, 0.25) is 6.61 Å². The van der Waals surface area contributed by atoms with Gasteiger partial charge in [0.1, 0.15) is 0 Å². The Morgan fingerprint density at radius 1 is 1.55 bits per heavy atom. The predicted octanol–water partition coefficient (Wildman–Crippen LogP) is 0.110. The Kier molecular flexibility index (Phi) is 5.10. The number of ether oxygens (including phenoxy) is 1. The van der Waals surface area contributed by atoms with Crippen molar-refractivity contribution in [2.75, 3.05) is 20.3 Å². The van der Waals surface area contributed by atoms with Gasteiger partial charge in [-0.05, 0) is 6.92 Å². The van der Waals surface area contributed by atoms with Gasteiger partial charge >= 0.3 is 5.97 Å². The molecule has 0 heterocycles. The van der Waals surface area contributed by atoms with Gasteiger partial charge in [-0.25, -0.2) is 4.79 Å². The molecular weight excluding hydrogens is 150 g/mol. The number of aliphatic carboxylic acids is 1. The molecule has 0 unspecified atom stereocenters. The van der Waals surface area contributed by atoms with Crippen molar-refractivity contribution >= 4 is 11.7 Å². The van der Waals surface area contributed by atoms with Crippen LogP contribution in [-0.2, 0) is 14.4 Å². The van der Waals surface area contributed by atoms with Crippen LogP contribution in [0.2, 0.25) is 0 Å². The summed E-state index contributed by atoms with van der Waals surface area (Å²) < 4.78 is 4.70. The van der Waals surface area contributed by atoms with Crippen molar-refractivity contribution in [2.24, 2.45) is 5.16 Å². The summed E-state index contributed by atoms with van der Waals surface area (Å²) in [4.78, 5) is 14.3. The number of carboxylic acids is 1. The molecular formula is C6H11NO4. The van der Waals surface area contributed by atoms with E-state index in [2.05, 4.69) is 9.99 Å². The van der Waals surface area contributed by atoms with Crippen LogP contribution in [0.5, 0.6) is 0 Å². The zero-order chi connectivity index (χ0) is 8.69. The SMILES string of the molecule is COCC(C)=NOCC(=O)O. The summed E-state index contributed by atoms with van der Waals surface area (Å²) in [6.07, 6.45) is 0. The number of nitrogens with zero attached hydrogens (tertiary/aromatic N) is 1. The van der Waals surface area contributed by atoms with Crippen LogP contribution in [0.1, 0.15) is 6.92 Å². The molecule has 0 aromatic heterocycles. The number of carbonyl (C=O) groups is 1. The van der Waals surface area contributed by atoms with Crippen molar-refractivity contribution in [3.63, 3.8) is 0 Å². The minimum absolute atomic E-state index is 0.347. The molecule has 0 aliphatic rings. The largest absolute Gasteiger partial charge is 0.479 e. The average Bonchev–Trinajstić information content (AvgIpc) is 1.87. The Bertz CT molecular complexity index is 155. The van der Waals surface area contributed by atoms with E-state index in [1.165, 1.54) is 7.11 Å². The van der Waals surface area contributed by atoms with E-state index in [0.717, 1.165) is 0 Å². The first-order valence-electron chi connectivity index (χ1n) is 3.03. The minimum Gasteiger partial charge on any atom is -0.479 e. The summed E-state index contributed by atoms with van der Waals surface area (Å²) in [7, 11) is 1.52. The molecule has 5 nitrogen and oxygen atoms in total. The summed E-state index contributed by atoms with van der Waals surface area (Å²) >= 11 is 0. The van der Waals surface area contributed by atoms with Crippen LogP contribution in [-0.4, -0.2) is 37.1 Å². The lowest BCUT2D eigenvalue weighted by molar-refractivity contribution is -0.142. The van der Waals surface area contributed by atoms with Crippen molar-refractivity contribution in [2.45, 2.75) is 6.92 Å². The molecule has 0 spiro atoms. The molecule has 0 amide bonds. The topological polar surface area (TPSA) is 68.1 Å². The predicted molar refractivity (Wildman–Crippen MR) is 38.6 cm³/mol. The molecule has 0 radical (unpaired) electrons. The highest BCUT2D eigenvalue weighted by atomic mass is 16.6. The lowest BCUT2D eigenvalue weighted by Crippen LogP contribution is -2.07. The van der Waals surface area contributed by atoms with Gasteiger partial charge in [0, 0.05) is 7.11 Å². The van der Waals surface area contributed by atoms with Gasteiger partial charge in [-0.1, -0.05) is 5.16 Å². The van der Waals surface area contributed by atoms with Crippen molar-refractivity contribution in [3.05, 3.63) is 0 Å². The lowest BCUT2D eigenvalue weighted by atomic mass is 10.5. The van der Waals surface area contributed by atoms with Gasteiger partial charge in [-0.2, -0.15) is 0 Å². The number of oxime groups is 1. The second kappa shape index (κ2) is 5.67. The molecule has 0 rings (SSSR count). The normalized spacial score (nSPS) is 11.3. The van der Waals surface area contributed by atoms with Gasteiger partial charge in [0.25, 0.3) is 0 Å². The van der Waals surface area contributed by atoms with Gasteiger partial charge in [0.15, 0.2) is 0 Å². The summed E-state index contributed by atoms with van der Waals surface area (Å²) in [6.45, 7) is 1.62. The number of carboxylic acid groups (broad SMARTS) is 1. The molecule has 0 saturated heterocycles. The molecule has 64 valence electrons. The molecule has 0 atom stereocenters. The van der Waals surface area contributed by atoms with Crippen LogP contribution in [0.15, 0.2) is 5.16 Å². The molecule has 1 N–H and O–H groups in total. The lowest BCUT2D eigenvalue weighted by Gasteiger charge is -1.97.